The lowest BCUT2D eigenvalue weighted by Gasteiger charge is -2.34. The fourth-order valence-corrected chi connectivity index (χ4v) is 2.47. The second kappa shape index (κ2) is 4.38. The molecule has 0 spiro atoms. The summed E-state index contributed by atoms with van der Waals surface area (Å²) in [7, 11) is 3.99. The first kappa shape index (κ1) is 10.6. The van der Waals surface area contributed by atoms with Crippen molar-refractivity contribution < 1.29 is 0 Å². The van der Waals surface area contributed by atoms with Crippen molar-refractivity contribution in [1.29, 1.82) is 0 Å². The van der Waals surface area contributed by atoms with Crippen LogP contribution in [0.25, 0.3) is 10.8 Å². The van der Waals surface area contributed by atoms with Gasteiger partial charge in [0.2, 0.25) is 0 Å². The third-order valence-electron chi connectivity index (χ3n) is 3.48. The number of anilines is 1. The van der Waals surface area contributed by atoms with Crippen LogP contribution < -0.4 is 4.90 Å². The Bertz CT molecular complexity index is 508. The maximum Gasteiger partial charge on any atom is 0.0446 e. The largest absolute Gasteiger partial charge is 0.368 e. The normalized spacial score (nSPS) is 17.6. The molecule has 2 heteroatoms. The van der Waals surface area contributed by atoms with E-state index in [4.69, 9.17) is 0 Å². The van der Waals surface area contributed by atoms with Crippen LogP contribution in [-0.2, 0) is 0 Å². The van der Waals surface area contributed by atoms with Crippen LogP contribution in [0, 0.1) is 7.05 Å². The average molecular weight is 225 g/mol. The van der Waals surface area contributed by atoms with E-state index in [0.717, 1.165) is 26.2 Å². The van der Waals surface area contributed by atoms with Crippen LogP contribution >= 0.6 is 0 Å². The lowest BCUT2D eigenvalue weighted by molar-refractivity contribution is 0.344. The number of rotatable bonds is 1. The quantitative estimate of drug-likeness (QED) is 0.736. The number of piperazine rings is 1. The minimum atomic E-state index is 1.04. The van der Waals surface area contributed by atoms with Gasteiger partial charge in [-0.25, -0.2) is 0 Å². The van der Waals surface area contributed by atoms with Crippen molar-refractivity contribution in [3.8, 4) is 0 Å². The molecule has 0 bridgehead atoms. The van der Waals surface area contributed by atoms with Gasteiger partial charge in [-0.3, -0.25) is 4.90 Å². The van der Waals surface area contributed by atoms with E-state index in [-0.39, 0.29) is 0 Å². The molecule has 0 atom stereocenters. The van der Waals surface area contributed by atoms with Gasteiger partial charge in [-0.1, -0.05) is 36.4 Å². The molecule has 1 aliphatic rings. The van der Waals surface area contributed by atoms with E-state index in [1.807, 2.05) is 0 Å². The molecule has 87 valence electrons. The zero-order valence-electron chi connectivity index (χ0n) is 9.97. The standard InChI is InChI=1S/C15H17N2/c1-16-9-11-17(12-10-16)15-8-4-6-13-5-2-3-7-14(13)15/h2-8H,1,9-12H2. The molecule has 2 aromatic rings. The van der Waals surface area contributed by atoms with E-state index < -0.39 is 0 Å². The molecule has 0 aliphatic carbocycles. The summed E-state index contributed by atoms with van der Waals surface area (Å²) in [4.78, 5) is 4.60. The van der Waals surface area contributed by atoms with Crippen molar-refractivity contribution in [2.45, 2.75) is 0 Å². The SMILES string of the molecule is [CH2]N1CCN(c2cccc3ccccc23)CC1. The van der Waals surface area contributed by atoms with Gasteiger partial charge < -0.3 is 4.90 Å². The Labute approximate surface area is 102 Å². The Morgan fingerprint density at radius 1 is 0.824 bits per heavy atom. The van der Waals surface area contributed by atoms with E-state index in [1.54, 1.807) is 0 Å². The van der Waals surface area contributed by atoms with Gasteiger partial charge >= 0.3 is 0 Å². The first-order valence-corrected chi connectivity index (χ1v) is 6.13. The van der Waals surface area contributed by atoms with Crippen molar-refractivity contribution >= 4 is 16.5 Å². The molecular formula is C15H17N2. The fourth-order valence-electron chi connectivity index (χ4n) is 2.47. The highest BCUT2D eigenvalue weighted by Gasteiger charge is 2.15. The van der Waals surface area contributed by atoms with Crippen LogP contribution in [0.1, 0.15) is 0 Å². The molecular weight excluding hydrogens is 208 g/mol. The molecule has 0 amide bonds. The van der Waals surface area contributed by atoms with Gasteiger partial charge in [0.05, 0.1) is 0 Å². The third kappa shape index (κ3) is 2.01. The molecule has 0 N–H and O–H groups in total. The Morgan fingerprint density at radius 3 is 2.35 bits per heavy atom. The summed E-state index contributed by atoms with van der Waals surface area (Å²) in [6.45, 7) is 4.22. The maximum atomic E-state index is 3.99. The lowest BCUT2D eigenvalue weighted by atomic mass is 10.1. The summed E-state index contributed by atoms with van der Waals surface area (Å²) in [6.07, 6.45) is 0. The second-order valence-electron chi connectivity index (χ2n) is 4.60. The second-order valence-corrected chi connectivity index (χ2v) is 4.60. The Hall–Kier alpha value is -1.54. The molecule has 2 aromatic carbocycles. The lowest BCUT2D eigenvalue weighted by Crippen LogP contribution is -2.43. The first-order chi connectivity index (χ1) is 8.34. The molecule has 3 rings (SSSR count). The molecule has 1 radical (unpaired) electrons. The fraction of sp³-hybridized carbons (Fsp3) is 0.267. The van der Waals surface area contributed by atoms with Crippen LogP contribution in [0.15, 0.2) is 42.5 Å². The van der Waals surface area contributed by atoms with Crippen molar-refractivity contribution in [3.63, 3.8) is 0 Å². The topological polar surface area (TPSA) is 6.48 Å². The highest BCUT2D eigenvalue weighted by Crippen LogP contribution is 2.27. The minimum Gasteiger partial charge on any atom is -0.368 e. The van der Waals surface area contributed by atoms with Gasteiger partial charge in [-0.05, 0) is 11.5 Å². The molecule has 0 unspecified atom stereocenters. The van der Waals surface area contributed by atoms with Crippen molar-refractivity contribution in [2.75, 3.05) is 31.1 Å². The minimum absolute atomic E-state index is 1.04. The van der Waals surface area contributed by atoms with Gasteiger partial charge in [0.1, 0.15) is 0 Å². The number of benzene rings is 2. The van der Waals surface area contributed by atoms with Crippen molar-refractivity contribution in [1.82, 2.24) is 4.90 Å². The van der Waals surface area contributed by atoms with Gasteiger partial charge in [-0.15, -0.1) is 0 Å². The number of hydrogen-bond donors (Lipinski definition) is 0. The summed E-state index contributed by atoms with van der Waals surface area (Å²) >= 11 is 0. The van der Waals surface area contributed by atoms with E-state index >= 15 is 0 Å². The van der Waals surface area contributed by atoms with E-state index in [0.29, 0.717) is 0 Å². The molecule has 1 fully saturated rings. The molecule has 0 saturated carbocycles. The van der Waals surface area contributed by atoms with E-state index in [2.05, 4.69) is 59.3 Å². The maximum absolute atomic E-state index is 3.99. The van der Waals surface area contributed by atoms with Crippen LogP contribution in [0.4, 0.5) is 5.69 Å². The van der Waals surface area contributed by atoms with Gasteiger partial charge in [0, 0.05) is 44.3 Å². The highest BCUT2D eigenvalue weighted by atomic mass is 15.2. The summed E-state index contributed by atoms with van der Waals surface area (Å²) in [6, 6.07) is 15.1. The Kier molecular flexibility index (Phi) is 2.73. The smallest absolute Gasteiger partial charge is 0.0446 e. The predicted molar refractivity (Wildman–Crippen MR) is 73.1 cm³/mol. The van der Waals surface area contributed by atoms with E-state index in [9.17, 15) is 0 Å². The van der Waals surface area contributed by atoms with Gasteiger partial charge in [-0.2, -0.15) is 0 Å². The zero-order chi connectivity index (χ0) is 11.7. The monoisotopic (exact) mass is 225 g/mol. The van der Waals surface area contributed by atoms with Crippen molar-refractivity contribution in [2.24, 2.45) is 0 Å². The van der Waals surface area contributed by atoms with Crippen LogP contribution in [0.5, 0.6) is 0 Å². The third-order valence-corrected chi connectivity index (χ3v) is 3.48. The highest BCUT2D eigenvalue weighted by molar-refractivity contribution is 5.94. The molecule has 0 aromatic heterocycles. The summed E-state index contributed by atoms with van der Waals surface area (Å²) in [5.41, 5.74) is 1.36. The Morgan fingerprint density at radius 2 is 1.53 bits per heavy atom. The van der Waals surface area contributed by atoms with Crippen LogP contribution in [-0.4, -0.2) is 31.1 Å². The van der Waals surface area contributed by atoms with E-state index in [1.165, 1.54) is 16.5 Å². The number of fused-ring (bicyclic) bond motifs is 1. The van der Waals surface area contributed by atoms with Crippen molar-refractivity contribution in [3.05, 3.63) is 49.5 Å². The van der Waals surface area contributed by atoms with Gasteiger partial charge in [0.25, 0.3) is 0 Å². The molecule has 1 saturated heterocycles. The molecule has 1 aliphatic heterocycles. The predicted octanol–water partition coefficient (Wildman–Crippen LogP) is 2.75. The summed E-state index contributed by atoms with van der Waals surface area (Å²) < 4.78 is 0. The van der Waals surface area contributed by atoms with Gasteiger partial charge in [0.15, 0.2) is 0 Å². The summed E-state index contributed by atoms with van der Waals surface area (Å²) in [5, 5.41) is 2.68. The van der Waals surface area contributed by atoms with Crippen LogP contribution in [0.3, 0.4) is 0 Å². The molecule has 17 heavy (non-hydrogen) atoms. The zero-order valence-corrected chi connectivity index (χ0v) is 9.97. The Balaban J connectivity index is 2.00. The molecule has 1 heterocycles. The summed E-state index contributed by atoms with van der Waals surface area (Å²) in [5.74, 6) is 0. The van der Waals surface area contributed by atoms with Crippen LogP contribution in [0.2, 0.25) is 0 Å². The average Bonchev–Trinajstić information content (AvgIpc) is 2.39. The first-order valence-electron chi connectivity index (χ1n) is 6.13. The number of nitrogens with zero attached hydrogens (tertiary/aromatic N) is 2. The molecule has 2 nitrogen and oxygen atoms in total. The number of hydrogen-bond acceptors (Lipinski definition) is 2.